The topological polar surface area (TPSA) is 83.7 Å². The molecule has 0 saturated heterocycles. The Kier molecular flexibility index (Phi) is 3.16. The summed E-state index contributed by atoms with van der Waals surface area (Å²) >= 11 is 1.02. The highest BCUT2D eigenvalue weighted by Crippen LogP contribution is 2.16. The second-order valence-electron chi connectivity index (χ2n) is 2.87. The maximum Gasteiger partial charge on any atom is 0.214 e. The van der Waals surface area contributed by atoms with Gasteiger partial charge in [0.25, 0.3) is 0 Å². The molecule has 0 aliphatic carbocycles. The molecule has 82 valence electrons. The fraction of sp³-hybridized carbons (Fsp3) is 0.111. The number of nitrogens with zero attached hydrogens (tertiary/aromatic N) is 4. The molecule has 0 unspecified atom stereocenters. The Morgan fingerprint density at radius 1 is 1.38 bits per heavy atom. The van der Waals surface area contributed by atoms with Crippen LogP contribution < -0.4 is 5.11 Å². The molecule has 0 spiro atoms. The van der Waals surface area contributed by atoms with Gasteiger partial charge in [0.1, 0.15) is 0 Å². The molecular formula is C9H7N4O2S-. The molecule has 1 heterocycles. The minimum Gasteiger partial charge on any atom is -0.549 e. The van der Waals surface area contributed by atoms with E-state index in [0.29, 0.717) is 5.16 Å². The Balaban J connectivity index is 2.23. The average Bonchev–Trinajstić information content (AvgIpc) is 2.75. The Hall–Kier alpha value is -1.89. The van der Waals surface area contributed by atoms with Crippen molar-refractivity contribution in [2.75, 3.05) is 5.75 Å². The molecule has 2 rings (SSSR count). The second-order valence-corrected chi connectivity index (χ2v) is 3.81. The van der Waals surface area contributed by atoms with Crippen LogP contribution in [0.15, 0.2) is 35.5 Å². The molecule has 0 saturated carbocycles. The van der Waals surface area contributed by atoms with Crippen LogP contribution in [-0.2, 0) is 4.79 Å². The summed E-state index contributed by atoms with van der Waals surface area (Å²) in [6, 6.07) is 9.25. The molecule has 0 fully saturated rings. The number of rotatable bonds is 4. The summed E-state index contributed by atoms with van der Waals surface area (Å²) in [5.74, 6) is -1.32. The van der Waals surface area contributed by atoms with Crippen molar-refractivity contribution >= 4 is 17.7 Å². The SMILES string of the molecule is O=C([O-])CSc1nnnn1-c1ccccc1. The van der Waals surface area contributed by atoms with Gasteiger partial charge in [-0.05, 0) is 22.6 Å². The lowest BCUT2D eigenvalue weighted by atomic mass is 10.3. The highest BCUT2D eigenvalue weighted by molar-refractivity contribution is 7.99. The highest BCUT2D eigenvalue weighted by Gasteiger charge is 2.07. The molecule has 0 bridgehead atoms. The maximum atomic E-state index is 10.3. The third kappa shape index (κ3) is 2.37. The van der Waals surface area contributed by atoms with E-state index in [1.807, 2.05) is 30.3 Å². The zero-order valence-corrected chi connectivity index (χ0v) is 8.92. The van der Waals surface area contributed by atoms with Crippen molar-refractivity contribution in [2.24, 2.45) is 0 Å². The molecule has 1 aromatic heterocycles. The first-order valence-corrected chi connectivity index (χ1v) is 5.42. The second kappa shape index (κ2) is 4.75. The molecule has 0 aliphatic heterocycles. The van der Waals surface area contributed by atoms with E-state index in [2.05, 4.69) is 15.5 Å². The predicted molar refractivity (Wildman–Crippen MR) is 54.9 cm³/mol. The fourth-order valence-corrected chi connectivity index (χ4v) is 1.73. The van der Waals surface area contributed by atoms with E-state index < -0.39 is 5.97 Å². The van der Waals surface area contributed by atoms with Gasteiger partial charge in [-0.3, -0.25) is 0 Å². The van der Waals surface area contributed by atoms with Gasteiger partial charge in [0.15, 0.2) is 0 Å². The van der Waals surface area contributed by atoms with Crippen molar-refractivity contribution in [2.45, 2.75) is 5.16 Å². The average molecular weight is 235 g/mol. The van der Waals surface area contributed by atoms with E-state index >= 15 is 0 Å². The lowest BCUT2D eigenvalue weighted by Gasteiger charge is -2.03. The van der Waals surface area contributed by atoms with E-state index in [1.54, 1.807) is 0 Å². The molecule has 2 aromatic rings. The lowest BCUT2D eigenvalue weighted by molar-refractivity contribution is -0.301. The van der Waals surface area contributed by atoms with Crippen molar-refractivity contribution in [3.63, 3.8) is 0 Å². The number of aliphatic carboxylic acids is 1. The molecule has 0 radical (unpaired) electrons. The fourth-order valence-electron chi connectivity index (χ4n) is 1.12. The summed E-state index contributed by atoms with van der Waals surface area (Å²) in [7, 11) is 0. The Labute approximate surface area is 95.3 Å². The van der Waals surface area contributed by atoms with Crippen LogP contribution in [0.4, 0.5) is 0 Å². The monoisotopic (exact) mass is 235 g/mol. The van der Waals surface area contributed by atoms with Crippen LogP contribution in [0.1, 0.15) is 0 Å². The number of aromatic nitrogens is 4. The van der Waals surface area contributed by atoms with Crippen molar-refractivity contribution in [3.8, 4) is 5.69 Å². The quantitative estimate of drug-likeness (QED) is 0.664. The molecule has 1 aromatic carbocycles. The lowest BCUT2D eigenvalue weighted by Crippen LogP contribution is -2.24. The summed E-state index contributed by atoms with van der Waals surface area (Å²) < 4.78 is 1.48. The van der Waals surface area contributed by atoms with Gasteiger partial charge in [0.2, 0.25) is 5.16 Å². The smallest absolute Gasteiger partial charge is 0.214 e. The van der Waals surface area contributed by atoms with Crippen molar-refractivity contribution in [3.05, 3.63) is 30.3 Å². The van der Waals surface area contributed by atoms with Gasteiger partial charge in [-0.15, -0.1) is 5.10 Å². The molecule has 7 heteroatoms. The third-order valence-electron chi connectivity index (χ3n) is 1.76. The van der Waals surface area contributed by atoms with Crippen molar-refractivity contribution < 1.29 is 9.90 Å². The van der Waals surface area contributed by atoms with Gasteiger partial charge in [-0.1, -0.05) is 30.0 Å². The van der Waals surface area contributed by atoms with Crippen LogP contribution in [0.2, 0.25) is 0 Å². The number of hydrogen-bond acceptors (Lipinski definition) is 6. The number of para-hydroxylation sites is 1. The van der Waals surface area contributed by atoms with E-state index in [-0.39, 0.29) is 5.75 Å². The van der Waals surface area contributed by atoms with Gasteiger partial charge in [-0.2, -0.15) is 4.68 Å². The van der Waals surface area contributed by atoms with Crippen molar-refractivity contribution in [1.29, 1.82) is 0 Å². The number of hydrogen-bond donors (Lipinski definition) is 0. The first-order valence-electron chi connectivity index (χ1n) is 4.44. The third-order valence-corrected chi connectivity index (χ3v) is 2.65. The molecule has 0 atom stereocenters. The van der Waals surface area contributed by atoms with E-state index in [0.717, 1.165) is 17.4 Å². The van der Waals surface area contributed by atoms with E-state index in [4.69, 9.17) is 0 Å². The Bertz CT molecular complexity index is 485. The van der Waals surface area contributed by atoms with Gasteiger partial charge in [0, 0.05) is 5.75 Å². The number of carbonyl (C=O) groups is 1. The zero-order valence-electron chi connectivity index (χ0n) is 8.11. The van der Waals surface area contributed by atoms with Crippen LogP contribution in [0.3, 0.4) is 0 Å². The van der Waals surface area contributed by atoms with Gasteiger partial charge < -0.3 is 9.90 Å². The number of tetrazole rings is 1. The highest BCUT2D eigenvalue weighted by atomic mass is 32.2. The van der Waals surface area contributed by atoms with Crippen molar-refractivity contribution in [1.82, 2.24) is 20.2 Å². The van der Waals surface area contributed by atoms with Gasteiger partial charge >= 0.3 is 0 Å². The molecule has 0 aliphatic rings. The number of carboxylic acids is 1. The van der Waals surface area contributed by atoms with Crippen LogP contribution in [0.5, 0.6) is 0 Å². The summed E-state index contributed by atoms with van der Waals surface area (Å²) in [6.07, 6.45) is 0. The van der Waals surface area contributed by atoms with Gasteiger partial charge in [0.05, 0.1) is 11.7 Å². The summed E-state index contributed by atoms with van der Waals surface area (Å²) in [6.45, 7) is 0. The summed E-state index contributed by atoms with van der Waals surface area (Å²) in [5.41, 5.74) is 0.786. The molecular weight excluding hydrogens is 228 g/mol. The summed E-state index contributed by atoms with van der Waals surface area (Å²) in [4.78, 5) is 10.3. The maximum absolute atomic E-state index is 10.3. The standard InChI is InChI=1S/C9H8N4O2S/c14-8(15)6-16-9-10-11-12-13(9)7-4-2-1-3-5-7/h1-5H,6H2,(H,14,15)/p-1. The molecule has 6 nitrogen and oxygen atoms in total. The summed E-state index contributed by atoms with van der Waals surface area (Å²) in [5, 5.41) is 21.8. The zero-order chi connectivity index (χ0) is 11.4. The number of carbonyl (C=O) groups excluding carboxylic acids is 1. The van der Waals surface area contributed by atoms with Crippen LogP contribution in [-0.4, -0.2) is 31.9 Å². The number of thioether (sulfide) groups is 1. The molecule has 0 N–H and O–H groups in total. The van der Waals surface area contributed by atoms with Crippen LogP contribution >= 0.6 is 11.8 Å². The minimum absolute atomic E-state index is 0.173. The first-order chi connectivity index (χ1) is 7.77. The van der Waals surface area contributed by atoms with Crippen LogP contribution in [0.25, 0.3) is 5.69 Å². The normalized spacial score (nSPS) is 10.2. The molecule has 16 heavy (non-hydrogen) atoms. The largest absolute Gasteiger partial charge is 0.549 e. The van der Waals surface area contributed by atoms with E-state index in [9.17, 15) is 9.90 Å². The molecule has 0 amide bonds. The predicted octanol–water partition coefficient (Wildman–Crippen LogP) is -0.496. The minimum atomic E-state index is -1.15. The first kappa shape index (κ1) is 10.6. The van der Waals surface area contributed by atoms with Crippen LogP contribution in [0, 0.1) is 0 Å². The number of carboxylic acid groups (broad SMARTS) is 1. The Morgan fingerprint density at radius 2 is 2.12 bits per heavy atom. The van der Waals surface area contributed by atoms with E-state index in [1.165, 1.54) is 4.68 Å². The Morgan fingerprint density at radius 3 is 2.81 bits per heavy atom. The van der Waals surface area contributed by atoms with Gasteiger partial charge in [-0.25, -0.2) is 0 Å². The number of benzene rings is 1.